The first-order chi connectivity index (χ1) is 8.72. The number of anilines is 1. The summed E-state index contributed by atoms with van der Waals surface area (Å²) >= 11 is 0. The minimum atomic E-state index is -0.300. The number of aromatic amines is 1. The van der Waals surface area contributed by atoms with Crippen LogP contribution in [0.25, 0.3) is 5.65 Å². The van der Waals surface area contributed by atoms with E-state index in [2.05, 4.69) is 27.5 Å². The van der Waals surface area contributed by atoms with Gasteiger partial charge in [0.05, 0.1) is 0 Å². The fourth-order valence-electron chi connectivity index (χ4n) is 2.49. The van der Waals surface area contributed by atoms with E-state index in [1.165, 1.54) is 30.2 Å². The second-order valence-electron chi connectivity index (χ2n) is 5.12. The maximum absolute atomic E-state index is 11.4. The molecule has 18 heavy (non-hydrogen) atoms. The Balaban J connectivity index is 1.78. The van der Waals surface area contributed by atoms with Crippen LogP contribution in [0.5, 0.6) is 0 Å². The molecule has 0 bridgehead atoms. The van der Waals surface area contributed by atoms with E-state index in [9.17, 15) is 4.79 Å². The largest absolute Gasteiger partial charge is 0.366 e. The normalized spacial score (nSPS) is 24.3. The molecule has 0 spiro atoms. The van der Waals surface area contributed by atoms with Gasteiger partial charge in [-0.3, -0.25) is 0 Å². The molecule has 1 aliphatic carbocycles. The second kappa shape index (κ2) is 4.44. The molecule has 0 radical (unpaired) electrons. The third-order valence-electron chi connectivity index (χ3n) is 3.64. The van der Waals surface area contributed by atoms with Crippen molar-refractivity contribution < 1.29 is 0 Å². The van der Waals surface area contributed by atoms with Gasteiger partial charge in [0.25, 0.3) is 0 Å². The Bertz CT molecular complexity index is 594. The predicted octanol–water partition coefficient (Wildman–Crippen LogP) is 1.41. The van der Waals surface area contributed by atoms with Gasteiger partial charge in [-0.2, -0.15) is 9.61 Å². The molecule has 1 aliphatic rings. The van der Waals surface area contributed by atoms with Crippen molar-refractivity contribution in [3.05, 3.63) is 22.6 Å². The highest BCUT2D eigenvalue weighted by atomic mass is 16.2. The minimum absolute atomic E-state index is 0.300. The molecule has 6 nitrogen and oxygen atoms in total. The van der Waals surface area contributed by atoms with Gasteiger partial charge in [-0.05, 0) is 43.7 Å². The van der Waals surface area contributed by atoms with E-state index in [1.807, 2.05) is 6.07 Å². The van der Waals surface area contributed by atoms with Gasteiger partial charge in [0.1, 0.15) is 5.82 Å². The van der Waals surface area contributed by atoms with E-state index in [1.54, 1.807) is 6.07 Å². The average molecular weight is 247 g/mol. The smallest absolute Gasteiger partial charge is 0.364 e. The van der Waals surface area contributed by atoms with Crippen molar-refractivity contribution in [3.63, 3.8) is 0 Å². The molecule has 0 aliphatic heterocycles. The highest BCUT2D eigenvalue weighted by Gasteiger charge is 2.18. The Kier molecular flexibility index (Phi) is 2.77. The van der Waals surface area contributed by atoms with E-state index >= 15 is 0 Å². The van der Waals surface area contributed by atoms with Crippen LogP contribution in [0, 0.1) is 5.92 Å². The van der Waals surface area contributed by atoms with Crippen molar-refractivity contribution in [2.45, 2.75) is 38.6 Å². The summed E-state index contributed by atoms with van der Waals surface area (Å²) in [5.41, 5.74) is 0.244. The number of hydrogen-bond donors (Lipinski definition) is 2. The van der Waals surface area contributed by atoms with Crippen LogP contribution in [0.2, 0.25) is 0 Å². The first-order valence-electron chi connectivity index (χ1n) is 6.43. The zero-order valence-corrected chi connectivity index (χ0v) is 10.4. The van der Waals surface area contributed by atoms with E-state index in [4.69, 9.17) is 0 Å². The van der Waals surface area contributed by atoms with Crippen LogP contribution in [0.1, 0.15) is 32.6 Å². The highest BCUT2D eigenvalue weighted by molar-refractivity contribution is 5.43. The minimum Gasteiger partial charge on any atom is -0.366 e. The van der Waals surface area contributed by atoms with Crippen molar-refractivity contribution in [1.29, 1.82) is 0 Å². The number of aromatic nitrogens is 4. The van der Waals surface area contributed by atoms with Crippen LogP contribution in [-0.2, 0) is 0 Å². The standard InChI is InChI=1S/C12H17N5O/c1-8-2-4-9(5-3-8)13-10-6-7-11-14-15-12(18)17(11)16-10/h6-9H,2-5H2,1H3,(H,13,16)(H,15,18). The molecule has 6 heteroatoms. The Morgan fingerprint density at radius 1 is 1.33 bits per heavy atom. The average Bonchev–Trinajstić information content (AvgIpc) is 2.74. The number of rotatable bonds is 2. The van der Waals surface area contributed by atoms with Crippen LogP contribution >= 0.6 is 0 Å². The van der Waals surface area contributed by atoms with Crippen LogP contribution in [0.15, 0.2) is 16.9 Å². The van der Waals surface area contributed by atoms with Crippen molar-refractivity contribution in [1.82, 2.24) is 19.8 Å². The highest BCUT2D eigenvalue weighted by Crippen LogP contribution is 2.25. The Morgan fingerprint density at radius 3 is 2.89 bits per heavy atom. The third-order valence-corrected chi connectivity index (χ3v) is 3.64. The summed E-state index contributed by atoms with van der Waals surface area (Å²) in [6.07, 6.45) is 4.85. The molecule has 0 aromatic carbocycles. The van der Waals surface area contributed by atoms with Gasteiger partial charge in [-0.1, -0.05) is 6.92 Å². The molecule has 1 saturated carbocycles. The van der Waals surface area contributed by atoms with Gasteiger partial charge in [0.2, 0.25) is 0 Å². The first-order valence-corrected chi connectivity index (χ1v) is 6.43. The summed E-state index contributed by atoms with van der Waals surface area (Å²) < 4.78 is 1.29. The first kappa shape index (κ1) is 11.3. The Labute approximate surface area is 104 Å². The van der Waals surface area contributed by atoms with Gasteiger partial charge in [0, 0.05) is 6.04 Å². The van der Waals surface area contributed by atoms with Gasteiger partial charge >= 0.3 is 5.69 Å². The summed E-state index contributed by atoms with van der Waals surface area (Å²) in [6, 6.07) is 4.13. The molecule has 3 rings (SSSR count). The summed E-state index contributed by atoms with van der Waals surface area (Å²) in [4.78, 5) is 11.4. The molecule has 1 fully saturated rings. The molecule has 2 aromatic heterocycles. The fourth-order valence-corrected chi connectivity index (χ4v) is 2.49. The maximum Gasteiger partial charge on any atom is 0.364 e. The van der Waals surface area contributed by atoms with Crippen molar-refractivity contribution in [2.24, 2.45) is 5.92 Å². The summed E-state index contributed by atoms with van der Waals surface area (Å²) in [5, 5.41) is 13.9. The number of nitrogens with zero attached hydrogens (tertiary/aromatic N) is 3. The van der Waals surface area contributed by atoms with Crippen molar-refractivity contribution in [3.8, 4) is 0 Å². The molecule has 0 saturated heterocycles. The van der Waals surface area contributed by atoms with E-state index in [0.29, 0.717) is 11.7 Å². The topological polar surface area (TPSA) is 75.1 Å². The zero-order chi connectivity index (χ0) is 12.5. The van der Waals surface area contributed by atoms with Crippen LogP contribution in [0.4, 0.5) is 5.82 Å². The fraction of sp³-hybridized carbons (Fsp3) is 0.583. The SMILES string of the molecule is CC1CCC(Nc2ccc3n[nH]c(=O)n3n2)CC1. The Hall–Kier alpha value is -1.85. The maximum atomic E-state index is 11.4. The van der Waals surface area contributed by atoms with Crippen LogP contribution in [0.3, 0.4) is 0 Å². The van der Waals surface area contributed by atoms with Crippen molar-refractivity contribution in [2.75, 3.05) is 5.32 Å². The van der Waals surface area contributed by atoms with Crippen LogP contribution in [-0.4, -0.2) is 25.9 Å². The van der Waals surface area contributed by atoms with E-state index < -0.39 is 0 Å². The number of hydrogen-bond acceptors (Lipinski definition) is 4. The predicted molar refractivity (Wildman–Crippen MR) is 68.7 cm³/mol. The van der Waals surface area contributed by atoms with E-state index in [-0.39, 0.29) is 5.69 Å². The molecule has 0 amide bonds. The number of nitrogens with one attached hydrogen (secondary N) is 2. The summed E-state index contributed by atoms with van der Waals surface area (Å²) in [5.74, 6) is 1.57. The number of fused-ring (bicyclic) bond motifs is 1. The van der Waals surface area contributed by atoms with Gasteiger partial charge < -0.3 is 5.32 Å². The zero-order valence-electron chi connectivity index (χ0n) is 10.4. The lowest BCUT2D eigenvalue weighted by Crippen LogP contribution is -2.26. The van der Waals surface area contributed by atoms with Gasteiger partial charge in [-0.15, -0.1) is 5.10 Å². The quantitative estimate of drug-likeness (QED) is 0.841. The molecule has 2 N–H and O–H groups in total. The third kappa shape index (κ3) is 2.10. The monoisotopic (exact) mass is 247 g/mol. The molecule has 96 valence electrons. The lowest BCUT2D eigenvalue weighted by Gasteiger charge is -2.27. The van der Waals surface area contributed by atoms with Crippen LogP contribution < -0.4 is 11.0 Å². The molecular formula is C12H17N5O. The molecule has 0 atom stereocenters. The van der Waals surface area contributed by atoms with Gasteiger partial charge in [-0.25, -0.2) is 9.89 Å². The van der Waals surface area contributed by atoms with Crippen molar-refractivity contribution >= 4 is 11.5 Å². The lowest BCUT2D eigenvalue weighted by atomic mass is 9.87. The molecule has 2 aromatic rings. The summed E-state index contributed by atoms with van der Waals surface area (Å²) in [6.45, 7) is 2.30. The molecule has 2 heterocycles. The lowest BCUT2D eigenvalue weighted by molar-refractivity contribution is 0.360. The molecular weight excluding hydrogens is 230 g/mol. The Morgan fingerprint density at radius 2 is 2.11 bits per heavy atom. The molecule has 0 unspecified atom stereocenters. The van der Waals surface area contributed by atoms with E-state index in [0.717, 1.165) is 11.7 Å². The second-order valence-corrected chi connectivity index (χ2v) is 5.12. The van der Waals surface area contributed by atoms with Gasteiger partial charge in [0.15, 0.2) is 5.65 Å². The summed E-state index contributed by atoms with van der Waals surface area (Å²) in [7, 11) is 0. The number of H-pyrrole nitrogens is 1.